The van der Waals surface area contributed by atoms with Gasteiger partial charge in [-0.1, -0.05) is 15.9 Å². The number of sulfone groups is 1. The van der Waals surface area contributed by atoms with Gasteiger partial charge in [0, 0.05) is 39.9 Å². The van der Waals surface area contributed by atoms with E-state index >= 15 is 0 Å². The molecule has 1 N–H and O–H groups in total. The van der Waals surface area contributed by atoms with E-state index < -0.39 is 9.84 Å². The zero-order valence-corrected chi connectivity index (χ0v) is 23.6. The first-order valence-electron chi connectivity index (χ1n) is 11.2. The standard InChI is InChI=1S/C27H27BrN2O7S/c1-34-21-15-25(36-3)22(26(16-21)37-4)12-14-38(32,33)17-20-9-10-24(35-2)27(30-20)29-13-11-23(31)18-5-7-19(28)8-6-18/h5-16H,17H2,1-4H3,(H,29,30)/b13-11+,14-12+. The number of nitrogens with zero attached hydrogens (tertiary/aromatic N) is 1. The predicted molar refractivity (Wildman–Crippen MR) is 150 cm³/mol. The highest BCUT2D eigenvalue weighted by Crippen LogP contribution is 2.35. The lowest BCUT2D eigenvalue weighted by atomic mass is 10.1. The van der Waals surface area contributed by atoms with E-state index in [9.17, 15) is 13.2 Å². The second-order valence-corrected chi connectivity index (χ2v) is 10.6. The molecule has 0 bridgehead atoms. The van der Waals surface area contributed by atoms with Crippen LogP contribution in [0.25, 0.3) is 6.08 Å². The van der Waals surface area contributed by atoms with E-state index in [0.29, 0.717) is 34.1 Å². The summed E-state index contributed by atoms with van der Waals surface area (Å²) < 4.78 is 47.9. The molecule has 0 spiro atoms. The van der Waals surface area contributed by atoms with Crippen molar-refractivity contribution in [2.24, 2.45) is 0 Å². The van der Waals surface area contributed by atoms with Gasteiger partial charge in [-0.25, -0.2) is 13.4 Å². The molecule has 0 aliphatic heterocycles. The summed E-state index contributed by atoms with van der Waals surface area (Å²) >= 11 is 3.33. The molecule has 0 saturated heterocycles. The highest BCUT2D eigenvalue weighted by atomic mass is 79.9. The number of aromatic nitrogens is 1. The summed E-state index contributed by atoms with van der Waals surface area (Å²) in [6.45, 7) is 0. The van der Waals surface area contributed by atoms with Gasteiger partial charge in [0.2, 0.25) is 0 Å². The zero-order valence-electron chi connectivity index (χ0n) is 21.2. The van der Waals surface area contributed by atoms with Gasteiger partial charge in [-0.3, -0.25) is 4.79 Å². The summed E-state index contributed by atoms with van der Waals surface area (Å²) in [5, 5.41) is 3.98. The Morgan fingerprint density at radius 1 is 0.921 bits per heavy atom. The fraction of sp³-hybridized carbons (Fsp3) is 0.185. The molecule has 9 nitrogen and oxygen atoms in total. The maximum absolute atomic E-state index is 12.9. The van der Waals surface area contributed by atoms with Gasteiger partial charge < -0.3 is 24.3 Å². The smallest absolute Gasteiger partial charge is 0.187 e. The van der Waals surface area contributed by atoms with Gasteiger partial charge in [0.05, 0.1) is 45.4 Å². The van der Waals surface area contributed by atoms with Gasteiger partial charge in [0.25, 0.3) is 0 Å². The first-order chi connectivity index (χ1) is 18.2. The molecule has 38 heavy (non-hydrogen) atoms. The number of carbonyl (C=O) groups excluding carboxylic acids is 1. The molecule has 0 fully saturated rings. The molecule has 0 aliphatic carbocycles. The topological polar surface area (TPSA) is 113 Å². The minimum absolute atomic E-state index is 0.211. The third kappa shape index (κ3) is 7.59. The van der Waals surface area contributed by atoms with Crippen molar-refractivity contribution in [3.8, 4) is 23.0 Å². The number of hydrogen-bond acceptors (Lipinski definition) is 9. The third-order valence-electron chi connectivity index (χ3n) is 5.26. The Hall–Kier alpha value is -3.83. The molecular weight excluding hydrogens is 576 g/mol. The van der Waals surface area contributed by atoms with Crippen LogP contribution in [0.3, 0.4) is 0 Å². The number of carbonyl (C=O) groups is 1. The molecular formula is C27H27BrN2O7S. The molecule has 0 amide bonds. The zero-order chi connectivity index (χ0) is 27.7. The number of halogens is 1. The maximum atomic E-state index is 12.9. The molecule has 1 heterocycles. The lowest BCUT2D eigenvalue weighted by Crippen LogP contribution is -2.05. The van der Waals surface area contributed by atoms with Gasteiger partial charge in [-0.15, -0.1) is 0 Å². The lowest BCUT2D eigenvalue weighted by Gasteiger charge is -2.12. The van der Waals surface area contributed by atoms with Crippen molar-refractivity contribution < 1.29 is 32.2 Å². The van der Waals surface area contributed by atoms with E-state index in [1.807, 2.05) is 0 Å². The number of methoxy groups -OCH3 is 4. The number of nitrogens with one attached hydrogen (secondary N) is 1. The van der Waals surface area contributed by atoms with Crippen LogP contribution in [0.2, 0.25) is 0 Å². The van der Waals surface area contributed by atoms with Crippen molar-refractivity contribution in [1.29, 1.82) is 0 Å². The summed E-state index contributed by atoms with van der Waals surface area (Å²) in [6.07, 6.45) is 4.19. The monoisotopic (exact) mass is 602 g/mol. The number of rotatable bonds is 12. The summed E-state index contributed by atoms with van der Waals surface area (Å²) in [6, 6.07) is 13.4. The van der Waals surface area contributed by atoms with E-state index in [1.165, 1.54) is 46.8 Å². The van der Waals surface area contributed by atoms with Crippen molar-refractivity contribution >= 4 is 43.4 Å². The minimum Gasteiger partial charge on any atom is -0.496 e. The molecule has 3 rings (SSSR count). The molecule has 2 aromatic carbocycles. The number of benzene rings is 2. The second-order valence-electron chi connectivity index (χ2n) is 7.76. The van der Waals surface area contributed by atoms with Gasteiger partial charge in [-0.05, 0) is 42.5 Å². The highest BCUT2D eigenvalue weighted by Gasteiger charge is 2.15. The molecule has 3 aromatic rings. The fourth-order valence-electron chi connectivity index (χ4n) is 3.36. The number of allylic oxidation sites excluding steroid dienone is 1. The predicted octanol–water partition coefficient (Wildman–Crippen LogP) is 5.27. The van der Waals surface area contributed by atoms with Crippen LogP contribution in [-0.4, -0.2) is 47.6 Å². The van der Waals surface area contributed by atoms with Gasteiger partial charge in [-0.2, -0.15) is 0 Å². The Morgan fingerprint density at radius 3 is 2.13 bits per heavy atom. The molecule has 0 unspecified atom stereocenters. The molecule has 0 aliphatic rings. The first-order valence-corrected chi connectivity index (χ1v) is 13.7. The van der Waals surface area contributed by atoms with Crippen LogP contribution in [0, 0.1) is 0 Å². The number of hydrogen-bond donors (Lipinski definition) is 1. The van der Waals surface area contributed by atoms with Crippen molar-refractivity contribution in [3.05, 3.63) is 87.5 Å². The van der Waals surface area contributed by atoms with Gasteiger partial charge >= 0.3 is 0 Å². The maximum Gasteiger partial charge on any atom is 0.187 e. The Morgan fingerprint density at radius 2 is 1.55 bits per heavy atom. The van der Waals surface area contributed by atoms with E-state index in [1.54, 1.807) is 48.5 Å². The fourth-order valence-corrected chi connectivity index (χ4v) is 4.64. The van der Waals surface area contributed by atoms with Crippen molar-refractivity contribution in [3.63, 3.8) is 0 Å². The average Bonchev–Trinajstić information content (AvgIpc) is 2.91. The highest BCUT2D eigenvalue weighted by molar-refractivity contribution is 9.10. The Bertz CT molecular complexity index is 1430. The largest absolute Gasteiger partial charge is 0.496 e. The first kappa shape index (κ1) is 28.7. The quantitative estimate of drug-likeness (QED) is 0.219. The Labute approximate surface area is 230 Å². The van der Waals surface area contributed by atoms with E-state index in [2.05, 4.69) is 26.2 Å². The molecule has 200 valence electrons. The molecule has 11 heteroatoms. The van der Waals surface area contributed by atoms with E-state index in [4.69, 9.17) is 18.9 Å². The number of pyridine rings is 1. The minimum atomic E-state index is -3.74. The van der Waals surface area contributed by atoms with Crippen LogP contribution >= 0.6 is 15.9 Å². The molecule has 1 aromatic heterocycles. The van der Waals surface area contributed by atoms with E-state index in [-0.39, 0.29) is 23.0 Å². The van der Waals surface area contributed by atoms with Crippen molar-refractivity contribution in [2.45, 2.75) is 5.75 Å². The number of ketones is 1. The van der Waals surface area contributed by atoms with Crippen molar-refractivity contribution in [1.82, 2.24) is 4.98 Å². The van der Waals surface area contributed by atoms with Crippen LogP contribution in [-0.2, 0) is 15.6 Å². The van der Waals surface area contributed by atoms with Crippen LogP contribution in [0.1, 0.15) is 21.6 Å². The Balaban J connectivity index is 1.78. The molecule has 0 saturated carbocycles. The summed E-state index contributed by atoms with van der Waals surface area (Å²) in [5.74, 6) is 1.37. The number of ether oxygens (including phenoxy) is 4. The van der Waals surface area contributed by atoms with Crippen LogP contribution in [0.4, 0.5) is 5.82 Å². The van der Waals surface area contributed by atoms with Gasteiger partial charge in [0.1, 0.15) is 17.2 Å². The number of anilines is 1. The van der Waals surface area contributed by atoms with Crippen LogP contribution < -0.4 is 24.3 Å². The van der Waals surface area contributed by atoms with Crippen LogP contribution in [0.15, 0.2) is 70.7 Å². The average molecular weight is 603 g/mol. The van der Waals surface area contributed by atoms with Gasteiger partial charge in [0.15, 0.2) is 27.2 Å². The summed E-state index contributed by atoms with van der Waals surface area (Å²) in [7, 11) is 2.17. The Kier molecular flexibility index (Phi) is 9.91. The van der Waals surface area contributed by atoms with E-state index in [0.717, 1.165) is 9.88 Å². The SMILES string of the molecule is COc1cc(OC)c(/C=C/S(=O)(=O)Cc2ccc(OC)c(N/C=C/C(=O)c3ccc(Br)cc3)n2)c(OC)c1. The normalized spacial score (nSPS) is 11.5. The molecule has 0 atom stereocenters. The lowest BCUT2D eigenvalue weighted by molar-refractivity contribution is 0.104. The third-order valence-corrected chi connectivity index (χ3v) is 7.04. The molecule has 0 radical (unpaired) electrons. The van der Waals surface area contributed by atoms with Crippen LogP contribution in [0.5, 0.6) is 23.0 Å². The second kappa shape index (κ2) is 13.1. The van der Waals surface area contributed by atoms with Crippen molar-refractivity contribution in [2.75, 3.05) is 33.8 Å². The summed E-state index contributed by atoms with van der Waals surface area (Å²) in [4.78, 5) is 16.7. The summed E-state index contributed by atoms with van der Waals surface area (Å²) in [5.41, 5.74) is 1.24.